The minimum atomic E-state index is -3.55. The van der Waals surface area contributed by atoms with Crippen LogP contribution >= 0.6 is 0 Å². The van der Waals surface area contributed by atoms with E-state index in [1.807, 2.05) is 0 Å². The molecule has 0 saturated heterocycles. The van der Waals surface area contributed by atoms with Gasteiger partial charge in [0.25, 0.3) is 0 Å². The van der Waals surface area contributed by atoms with Gasteiger partial charge < -0.3 is 4.90 Å². The van der Waals surface area contributed by atoms with Crippen LogP contribution in [-0.4, -0.2) is 38.0 Å². The number of allylic oxidation sites excluding steroid dienone is 1. The van der Waals surface area contributed by atoms with Crippen molar-refractivity contribution < 1.29 is 12.8 Å². The molecule has 0 fully saturated rings. The summed E-state index contributed by atoms with van der Waals surface area (Å²) in [5.41, 5.74) is 0. The van der Waals surface area contributed by atoms with E-state index in [4.69, 9.17) is 5.14 Å². The summed E-state index contributed by atoms with van der Waals surface area (Å²) in [6, 6.07) is 0. The molecule has 0 aliphatic carbocycles. The molecule has 86 valence electrons. The van der Waals surface area contributed by atoms with Gasteiger partial charge in [0.2, 0.25) is 10.0 Å². The van der Waals surface area contributed by atoms with Crippen LogP contribution in [-0.2, 0) is 10.0 Å². The van der Waals surface area contributed by atoms with Gasteiger partial charge in [-0.1, -0.05) is 0 Å². The van der Waals surface area contributed by atoms with Crippen LogP contribution in [0.2, 0.25) is 0 Å². The van der Waals surface area contributed by atoms with Gasteiger partial charge in [-0.25, -0.2) is 17.9 Å². The molecule has 2 N–H and O–H groups in total. The van der Waals surface area contributed by atoms with Gasteiger partial charge in [0, 0.05) is 19.7 Å². The maximum Gasteiger partial charge on any atom is 0.211 e. The average Bonchev–Trinajstić information content (AvgIpc) is 2.08. The first-order valence-corrected chi connectivity index (χ1v) is 6.05. The van der Waals surface area contributed by atoms with Crippen molar-refractivity contribution in [2.24, 2.45) is 10.1 Å². The number of primary sulfonamides is 1. The fraction of sp³-hybridized carbons (Fsp3) is 0.625. The lowest BCUT2D eigenvalue weighted by atomic mass is 10.2. The van der Waals surface area contributed by atoms with Gasteiger partial charge in [-0.15, -0.1) is 0 Å². The molecule has 2 atom stereocenters. The highest BCUT2D eigenvalue weighted by Crippen LogP contribution is 2.16. The molecule has 5 nitrogen and oxygen atoms in total. The Kier molecular flexibility index (Phi) is 3.46. The number of rotatable bonds is 3. The van der Waals surface area contributed by atoms with Gasteiger partial charge >= 0.3 is 0 Å². The maximum absolute atomic E-state index is 12.7. The second kappa shape index (κ2) is 4.28. The van der Waals surface area contributed by atoms with E-state index in [0.717, 1.165) is 6.21 Å². The average molecular weight is 235 g/mol. The molecule has 0 spiro atoms. The van der Waals surface area contributed by atoms with Gasteiger partial charge in [0.05, 0.1) is 11.5 Å². The van der Waals surface area contributed by atoms with Crippen molar-refractivity contribution in [3.63, 3.8) is 0 Å². The second-order valence-electron chi connectivity index (χ2n) is 3.57. The number of nitrogens with two attached hydrogens (primary N) is 1. The van der Waals surface area contributed by atoms with E-state index in [0.29, 0.717) is 0 Å². The Bertz CT molecular complexity index is 391. The molecule has 1 aliphatic rings. The summed E-state index contributed by atoms with van der Waals surface area (Å²) in [5.74, 6) is -0.447. The zero-order valence-corrected chi connectivity index (χ0v) is 9.41. The molecular formula is C8H14FN3O2S. The normalized spacial score (nSPS) is 23.9. The lowest BCUT2D eigenvalue weighted by molar-refractivity contribution is 0.308. The number of aliphatic imine (C=N–C) groups is 1. The monoisotopic (exact) mass is 235 g/mol. The van der Waals surface area contributed by atoms with Crippen molar-refractivity contribution in [1.29, 1.82) is 0 Å². The zero-order chi connectivity index (χ0) is 11.6. The predicted molar refractivity (Wildman–Crippen MR) is 56.4 cm³/mol. The van der Waals surface area contributed by atoms with Crippen LogP contribution in [0.3, 0.4) is 0 Å². The topological polar surface area (TPSA) is 75.8 Å². The van der Waals surface area contributed by atoms with E-state index in [-0.39, 0.29) is 12.6 Å². The maximum atomic E-state index is 12.7. The smallest absolute Gasteiger partial charge is 0.211 e. The summed E-state index contributed by atoms with van der Waals surface area (Å²) in [5, 5.41) is 4.28. The number of nitrogens with zero attached hydrogens (tertiary/aromatic N) is 2. The molecule has 0 aromatic carbocycles. The fourth-order valence-corrected chi connectivity index (χ4v) is 1.67. The molecule has 0 aromatic rings. The number of hydrogen-bond donors (Lipinski definition) is 1. The summed E-state index contributed by atoms with van der Waals surface area (Å²) in [7, 11) is -1.92. The van der Waals surface area contributed by atoms with Gasteiger partial charge in [-0.05, 0) is 6.92 Å². The standard InChI is InChI=1S/C8H14FN3O2S/c1-6(15(10,13)14)3-8-11-4-7(9)5-12(8)2/h4-6,8H,3H2,1-2H3,(H2,10,13,14)/t6-,8?/m1/s1. The second-order valence-corrected chi connectivity index (χ2v) is 5.56. The van der Waals surface area contributed by atoms with Gasteiger partial charge in [-0.2, -0.15) is 0 Å². The Morgan fingerprint density at radius 3 is 2.80 bits per heavy atom. The van der Waals surface area contributed by atoms with E-state index in [1.54, 1.807) is 7.05 Å². The molecule has 7 heteroatoms. The van der Waals surface area contributed by atoms with Crippen molar-refractivity contribution in [2.45, 2.75) is 24.8 Å². The molecule has 0 amide bonds. The highest BCUT2D eigenvalue weighted by atomic mass is 32.2. The summed E-state index contributed by atoms with van der Waals surface area (Å²) >= 11 is 0. The highest BCUT2D eigenvalue weighted by molar-refractivity contribution is 7.89. The van der Waals surface area contributed by atoms with E-state index < -0.39 is 21.1 Å². The van der Waals surface area contributed by atoms with Crippen LogP contribution in [0.25, 0.3) is 0 Å². The van der Waals surface area contributed by atoms with Crippen LogP contribution in [0.5, 0.6) is 0 Å². The van der Waals surface area contributed by atoms with Crippen LogP contribution in [0, 0.1) is 0 Å². The van der Waals surface area contributed by atoms with Crippen molar-refractivity contribution in [1.82, 2.24) is 4.90 Å². The molecule has 0 saturated carbocycles. The minimum absolute atomic E-state index is 0.246. The fourth-order valence-electron chi connectivity index (χ4n) is 1.23. The zero-order valence-electron chi connectivity index (χ0n) is 8.59. The van der Waals surface area contributed by atoms with Crippen LogP contribution in [0.15, 0.2) is 17.0 Å². The lowest BCUT2D eigenvalue weighted by Gasteiger charge is -2.27. The van der Waals surface area contributed by atoms with Crippen LogP contribution in [0.4, 0.5) is 4.39 Å². The van der Waals surface area contributed by atoms with Crippen molar-refractivity contribution in [2.75, 3.05) is 7.05 Å². The molecule has 0 aromatic heterocycles. The van der Waals surface area contributed by atoms with Gasteiger partial charge in [0.1, 0.15) is 6.17 Å². The molecule has 0 radical (unpaired) electrons. The van der Waals surface area contributed by atoms with Gasteiger partial charge in [-0.3, -0.25) is 4.99 Å². The molecule has 1 aliphatic heterocycles. The number of sulfonamides is 1. The van der Waals surface area contributed by atoms with Crippen LogP contribution in [0.1, 0.15) is 13.3 Å². The highest BCUT2D eigenvalue weighted by Gasteiger charge is 2.23. The number of hydrogen-bond acceptors (Lipinski definition) is 4. The van der Waals surface area contributed by atoms with E-state index in [2.05, 4.69) is 4.99 Å². The third-order valence-corrected chi connectivity index (χ3v) is 3.58. The molecule has 1 unspecified atom stereocenters. The third-order valence-electron chi connectivity index (χ3n) is 2.27. The molecule has 15 heavy (non-hydrogen) atoms. The van der Waals surface area contributed by atoms with Crippen molar-refractivity contribution in [3.8, 4) is 0 Å². The van der Waals surface area contributed by atoms with E-state index >= 15 is 0 Å². The minimum Gasteiger partial charge on any atom is -0.356 e. The number of halogens is 1. The first-order valence-electron chi connectivity index (χ1n) is 4.44. The predicted octanol–water partition coefficient (Wildman–Crippen LogP) is 0.207. The lowest BCUT2D eigenvalue weighted by Crippen LogP contribution is -2.35. The Morgan fingerprint density at radius 2 is 2.33 bits per heavy atom. The molecule has 1 rings (SSSR count). The van der Waals surface area contributed by atoms with E-state index in [9.17, 15) is 12.8 Å². The van der Waals surface area contributed by atoms with Crippen LogP contribution < -0.4 is 5.14 Å². The third kappa shape index (κ3) is 3.28. The largest absolute Gasteiger partial charge is 0.356 e. The van der Waals surface area contributed by atoms with E-state index in [1.165, 1.54) is 18.0 Å². The summed E-state index contributed by atoms with van der Waals surface area (Å²) < 4.78 is 34.7. The molecule has 0 bridgehead atoms. The SMILES string of the molecule is C[C@H](CC1N=CC(F)=CN1C)S(N)(=O)=O. The Labute approximate surface area is 88.5 Å². The van der Waals surface area contributed by atoms with Gasteiger partial charge in [0.15, 0.2) is 5.83 Å². The first-order chi connectivity index (χ1) is 6.80. The molecular weight excluding hydrogens is 221 g/mol. The summed E-state index contributed by atoms with van der Waals surface area (Å²) in [6.07, 6.45) is 2.22. The Hall–Kier alpha value is -0.950. The first kappa shape index (κ1) is 12.1. The van der Waals surface area contributed by atoms with Crippen molar-refractivity contribution >= 4 is 16.2 Å². The Morgan fingerprint density at radius 1 is 1.73 bits per heavy atom. The quantitative estimate of drug-likeness (QED) is 0.759. The van der Waals surface area contributed by atoms with Crippen molar-refractivity contribution in [3.05, 3.63) is 12.0 Å². The summed E-state index contributed by atoms with van der Waals surface area (Å²) in [6.45, 7) is 1.51. The molecule has 1 heterocycles. The Balaban J connectivity index is 2.66. The summed E-state index contributed by atoms with van der Waals surface area (Å²) in [4.78, 5) is 5.41.